The average molecular weight is 288 g/mol. The quantitative estimate of drug-likeness (QED) is 0.869. The highest BCUT2D eigenvalue weighted by molar-refractivity contribution is 5.81. The molecule has 2 fully saturated rings. The Hall–Kier alpha value is -1.39. The fourth-order valence-electron chi connectivity index (χ4n) is 4.13. The van der Waals surface area contributed by atoms with Crippen LogP contribution in [0, 0.1) is 11.8 Å². The molecule has 1 saturated heterocycles. The van der Waals surface area contributed by atoms with Crippen molar-refractivity contribution in [1.29, 1.82) is 0 Å². The molecule has 0 radical (unpaired) electrons. The Morgan fingerprint density at radius 2 is 1.90 bits per heavy atom. The summed E-state index contributed by atoms with van der Waals surface area (Å²) in [5, 5.41) is 12.9. The van der Waals surface area contributed by atoms with Crippen LogP contribution in [0.2, 0.25) is 0 Å². The van der Waals surface area contributed by atoms with Gasteiger partial charge in [-0.05, 0) is 37.3 Å². The Labute approximate surface area is 126 Å². The highest BCUT2D eigenvalue weighted by Gasteiger charge is 2.44. The first kappa shape index (κ1) is 14.5. The minimum absolute atomic E-state index is 0.538. The lowest BCUT2D eigenvalue weighted by atomic mass is 9.89. The molecule has 114 valence electrons. The molecular weight excluding hydrogens is 264 g/mol. The van der Waals surface area contributed by atoms with Gasteiger partial charge < -0.3 is 10.4 Å². The Balaban J connectivity index is 1.82. The summed E-state index contributed by atoms with van der Waals surface area (Å²) in [6.45, 7) is 2.64. The monoisotopic (exact) mass is 288 g/mol. The number of likely N-dealkylation sites (N-methyl/N-ethyl adjacent to an activating group) is 1. The van der Waals surface area contributed by atoms with Crippen molar-refractivity contribution in [3.8, 4) is 0 Å². The zero-order chi connectivity index (χ0) is 14.9. The van der Waals surface area contributed by atoms with E-state index in [1.165, 1.54) is 19.3 Å². The van der Waals surface area contributed by atoms with Gasteiger partial charge in [0.1, 0.15) is 0 Å². The molecule has 4 heteroatoms. The van der Waals surface area contributed by atoms with E-state index in [1.54, 1.807) is 7.05 Å². The molecular formula is C17H24N2O2. The minimum Gasteiger partial charge on any atom is -0.480 e. The van der Waals surface area contributed by atoms with Crippen molar-refractivity contribution >= 4 is 5.97 Å². The molecule has 21 heavy (non-hydrogen) atoms. The predicted octanol–water partition coefficient (Wildman–Crippen LogP) is 1.92. The SMILES string of the molecule is CNC(CN1CC2CCCC2C1)(C(=O)O)c1ccccc1. The summed E-state index contributed by atoms with van der Waals surface area (Å²) in [4.78, 5) is 14.3. The number of benzene rings is 1. The van der Waals surface area contributed by atoms with E-state index >= 15 is 0 Å². The molecule has 3 rings (SSSR count). The van der Waals surface area contributed by atoms with Gasteiger partial charge in [-0.2, -0.15) is 0 Å². The fourth-order valence-corrected chi connectivity index (χ4v) is 4.13. The molecule has 1 aliphatic heterocycles. The standard InChI is InChI=1S/C17H24N2O2/c1-18-17(16(20)21,15-8-3-2-4-9-15)12-19-10-13-6-5-7-14(13)11-19/h2-4,8-9,13-14,18H,5-7,10-12H2,1H3,(H,20,21). The Bertz CT molecular complexity index is 493. The smallest absolute Gasteiger partial charge is 0.329 e. The molecule has 3 atom stereocenters. The van der Waals surface area contributed by atoms with E-state index in [0.717, 1.165) is 30.5 Å². The van der Waals surface area contributed by atoms with Crippen LogP contribution in [0.1, 0.15) is 24.8 Å². The van der Waals surface area contributed by atoms with Gasteiger partial charge in [0.05, 0.1) is 0 Å². The van der Waals surface area contributed by atoms with Crippen molar-refractivity contribution in [2.75, 3.05) is 26.7 Å². The number of nitrogens with one attached hydrogen (secondary N) is 1. The molecule has 0 amide bonds. The molecule has 1 aromatic rings. The summed E-state index contributed by atoms with van der Waals surface area (Å²) in [6, 6.07) is 9.54. The zero-order valence-corrected chi connectivity index (χ0v) is 12.6. The van der Waals surface area contributed by atoms with Crippen molar-refractivity contribution in [2.45, 2.75) is 24.8 Å². The number of hydrogen-bond donors (Lipinski definition) is 2. The van der Waals surface area contributed by atoms with Crippen LogP contribution in [-0.2, 0) is 10.3 Å². The number of carbonyl (C=O) groups is 1. The molecule has 3 unspecified atom stereocenters. The van der Waals surface area contributed by atoms with E-state index in [0.29, 0.717) is 6.54 Å². The van der Waals surface area contributed by atoms with Crippen LogP contribution in [0.25, 0.3) is 0 Å². The predicted molar refractivity (Wildman–Crippen MR) is 82.1 cm³/mol. The number of aliphatic carboxylic acids is 1. The first-order valence-electron chi connectivity index (χ1n) is 7.86. The summed E-state index contributed by atoms with van der Waals surface area (Å²) in [7, 11) is 1.75. The summed E-state index contributed by atoms with van der Waals surface area (Å²) in [5.74, 6) is 0.765. The Morgan fingerprint density at radius 3 is 2.43 bits per heavy atom. The van der Waals surface area contributed by atoms with Crippen molar-refractivity contribution in [1.82, 2.24) is 10.2 Å². The van der Waals surface area contributed by atoms with E-state index in [2.05, 4.69) is 10.2 Å². The molecule has 0 bridgehead atoms. The normalized spacial score (nSPS) is 28.2. The molecule has 1 aliphatic carbocycles. The number of carboxylic acids is 1. The van der Waals surface area contributed by atoms with E-state index < -0.39 is 11.5 Å². The topological polar surface area (TPSA) is 52.6 Å². The van der Waals surface area contributed by atoms with Crippen molar-refractivity contribution in [2.24, 2.45) is 11.8 Å². The molecule has 1 aromatic carbocycles. The van der Waals surface area contributed by atoms with Gasteiger partial charge in [-0.25, -0.2) is 4.79 Å². The number of carboxylic acid groups (broad SMARTS) is 1. The highest BCUT2D eigenvalue weighted by Crippen LogP contribution is 2.38. The summed E-state index contributed by atoms with van der Waals surface area (Å²) in [6.07, 6.45) is 3.97. The summed E-state index contributed by atoms with van der Waals surface area (Å²) >= 11 is 0. The van der Waals surface area contributed by atoms with E-state index in [4.69, 9.17) is 0 Å². The number of rotatable bonds is 5. The van der Waals surface area contributed by atoms with Crippen LogP contribution in [0.5, 0.6) is 0 Å². The average Bonchev–Trinajstić information content (AvgIpc) is 3.06. The maximum atomic E-state index is 12.0. The van der Waals surface area contributed by atoms with Gasteiger partial charge in [-0.3, -0.25) is 4.90 Å². The lowest BCUT2D eigenvalue weighted by molar-refractivity contribution is -0.146. The second-order valence-corrected chi connectivity index (χ2v) is 6.47. The van der Waals surface area contributed by atoms with Crippen LogP contribution >= 0.6 is 0 Å². The van der Waals surface area contributed by atoms with Gasteiger partial charge in [-0.1, -0.05) is 36.8 Å². The second-order valence-electron chi connectivity index (χ2n) is 6.47. The largest absolute Gasteiger partial charge is 0.480 e. The minimum atomic E-state index is -1.01. The van der Waals surface area contributed by atoms with E-state index in [1.807, 2.05) is 30.3 Å². The van der Waals surface area contributed by atoms with Gasteiger partial charge >= 0.3 is 5.97 Å². The van der Waals surface area contributed by atoms with Crippen LogP contribution < -0.4 is 5.32 Å². The zero-order valence-electron chi connectivity index (χ0n) is 12.6. The first-order valence-corrected chi connectivity index (χ1v) is 7.86. The number of fused-ring (bicyclic) bond motifs is 1. The van der Waals surface area contributed by atoms with Crippen LogP contribution in [0.15, 0.2) is 30.3 Å². The lowest BCUT2D eigenvalue weighted by Gasteiger charge is -2.34. The molecule has 0 spiro atoms. The van der Waals surface area contributed by atoms with Crippen LogP contribution in [0.4, 0.5) is 0 Å². The van der Waals surface area contributed by atoms with Crippen molar-refractivity contribution in [3.63, 3.8) is 0 Å². The van der Waals surface area contributed by atoms with Gasteiger partial charge in [-0.15, -0.1) is 0 Å². The number of nitrogens with zero attached hydrogens (tertiary/aromatic N) is 1. The third-order valence-corrected chi connectivity index (χ3v) is 5.32. The molecule has 0 aromatic heterocycles. The molecule has 1 saturated carbocycles. The second kappa shape index (κ2) is 5.78. The van der Waals surface area contributed by atoms with Gasteiger partial charge in [0.25, 0.3) is 0 Å². The third-order valence-electron chi connectivity index (χ3n) is 5.32. The Morgan fingerprint density at radius 1 is 1.29 bits per heavy atom. The van der Waals surface area contributed by atoms with Gasteiger partial charge in [0, 0.05) is 19.6 Å². The fraction of sp³-hybridized carbons (Fsp3) is 0.588. The van der Waals surface area contributed by atoms with E-state index in [-0.39, 0.29) is 0 Å². The Kier molecular flexibility index (Phi) is 4.00. The molecule has 1 heterocycles. The van der Waals surface area contributed by atoms with Gasteiger partial charge in [0.2, 0.25) is 0 Å². The summed E-state index contributed by atoms with van der Waals surface area (Å²) in [5.41, 5.74) is -0.183. The number of hydrogen-bond acceptors (Lipinski definition) is 3. The molecule has 2 N–H and O–H groups in total. The maximum Gasteiger partial charge on any atom is 0.329 e. The summed E-state index contributed by atoms with van der Waals surface area (Å²) < 4.78 is 0. The first-order chi connectivity index (χ1) is 10.2. The third kappa shape index (κ3) is 2.58. The molecule has 2 aliphatic rings. The van der Waals surface area contributed by atoms with Crippen molar-refractivity contribution < 1.29 is 9.90 Å². The maximum absolute atomic E-state index is 12.0. The lowest BCUT2D eigenvalue weighted by Crippen LogP contribution is -2.55. The molecule has 4 nitrogen and oxygen atoms in total. The van der Waals surface area contributed by atoms with Crippen molar-refractivity contribution in [3.05, 3.63) is 35.9 Å². The van der Waals surface area contributed by atoms with E-state index in [9.17, 15) is 9.90 Å². The highest BCUT2D eigenvalue weighted by atomic mass is 16.4. The van der Waals surface area contributed by atoms with Gasteiger partial charge in [0.15, 0.2) is 5.54 Å². The van der Waals surface area contributed by atoms with Crippen LogP contribution in [0.3, 0.4) is 0 Å². The van der Waals surface area contributed by atoms with Crippen LogP contribution in [-0.4, -0.2) is 42.7 Å². The number of likely N-dealkylation sites (tertiary alicyclic amines) is 1.